The molecule has 3 aromatic carbocycles. The van der Waals surface area contributed by atoms with Gasteiger partial charge in [0.2, 0.25) is 5.91 Å². The third-order valence-corrected chi connectivity index (χ3v) is 10.1. The van der Waals surface area contributed by atoms with E-state index in [0.29, 0.717) is 27.0 Å². The van der Waals surface area contributed by atoms with Gasteiger partial charge in [0.1, 0.15) is 17.3 Å². The molecule has 0 saturated carbocycles. The molecule has 6 rings (SSSR count). The van der Waals surface area contributed by atoms with Crippen LogP contribution in [0.2, 0.25) is 5.02 Å². The Morgan fingerprint density at radius 2 is 1.82 bits per heavy atom. The van der Waals surface area contributed by atoms with Gasteiger partial charge >= 0.3 is 0 Å². The minimum absolute atomic E-state index is 0.0147. The summed E-state index contributed by atoms with van der Waals surface area (Å²) in [6.07, 6.45) is 1.50. The van der Waals surface area contributed by atoms with E-state index in [2.05, 4.69) is 5.32 Å². The van der Waals surface area contributed by atoms with Crippen molar-refractivity contribution in [1.29, 1.82) is 0 Å². The van der Waals surface area contributed by atoms with Crippen LogP contribution in [0.15, 0.2) is 77.7 Å². The van der Waals surface area contributed by atoms with Gasteiger partial charge in [-0.3, -0.25) is 14.4 Å². The molecule has 1 N–H and O–H groups in total. The van der Waals surface area contributed by atoms with Gasteiger partial charge in [0, 0.05) is 31.8 Å². The first-order valence-electron chi connectivity index (χ1n) is 14.2. The van der Waals surface area contributed by atoms with Crippen LogP contribution in [0.5, 0.6) is 0 Å². The number of ether oxygens (including phenoxy) is 1. The van der Waals surface area contributed by atoms with Crippen molar-refractivity contribution in [2.24, 2.45) is 7.05 Å². The molecule has 3 amide bonds. The second-order valence-corrected chi connectivity index (χ2v) is 13.0. The average molecular weight is 636 g/mol. The molecular formula is C31H30ClN5O6S. The minimum Gasteiger partial charge on any atom is -0.376 e. The number of hydrogen-bond acceptors (Lipinski definition) is 7. The number of aryl methyl sites for hydroxylation is 1. The van der Waals surface area contributed by atoms with E-state index in [1.54, 1.807) is 48.0 Å². The van der Waals surface area contributed by atoms with Gasteiger partial charge in [0.05, 0.1) is 22.7 Å². The molecule has 3 heterocycles. The minimum atomic E-state index is -4.29. The van der Waals surface area contributed by atoms with Crippen LogP contribution in [-0.2, 0) is 37.9 Å². The van der Waals surface area contributed by atoms with Gasteiger partial charge in [0.15, 0.2) is 6.04 Å². The summed E-state index contributed by atoms with van der Waals surface area (Å²) in [6, 6.07) is 18.7. The molecule has 13 heteroatoms. The molecular weight excluding hydrogens is 606 g/mol. The number of carbonyl (C=O) groups excluding carboxylic acids is 3. The fourth-order valence-corrected chi connectivity index (χ4v) is 7.37. The number of halogens is 1. The van der Waals surface area contributed by atoms with Gasteiger partial charge in [-0.1, -0.05) is 54.1 Å². The highest BCUT2D eigenvalue weighted by atomic mass is 35.5. The highest BCUT2D eigenvalue weighted by Crippen LogP contribution is 2.32. The number of aromatic nitrogens is 2. The predicted molar refractivity (Wildman–Crippen MR) is 162 cm³/mol. The number of sulfonamides is 1. The SMILES string of the molecule is Cn1c([C@H](C(=O)NC[C@@H]2CCCO2)N(Cc2ccccc2Cl)C(=O)CN2C(=O)c3ccccc3S2(=O)=O)nc2ccccc21. The maximum Gasteiger partial charge on any atom is 0.269 e. The maximum atomic E-state index is 14.3. The van der Waals surface area contributed by atoms with Crippen molar-refractivity contribution in [3.8, 4) is 0 Å². The predicted octanol–water partition coefficient (Wildman–Crippen LogP) is 3.44. The fraction of sp³-hybridized carbons (Fsp3) is 0.290. The summed E-state index contributed by atoms with van der Waals surface area (Å²) in [5.74, 6) is -1.86. The first-order valence-corrected chi connectivity index (χ1v) is 16.0. The Morgan fingerprint density at radius 1 is 1.09 bits per heavy atom. The number of hydrogen-bond donors (Lipinski definition) is 1. The van der Waals surface area contributed by atoms with E-state index in [1.807, 2.05) is 18.2 Å². The number of fused-ring (bicyclic) bond motifs is 2. The lowest BCUT2D eigenvalue weighted by molar-refractivity contribution is -0.142. The lowest BCUT2D eigenvalue weighted by atomic mass is 10.1. The number of para-hydroxylation sites is 2. The highest BCUT2D eigenvalue weighted by Gasteiger charge is 2.44. The maximum absolute atomic E-state index is 14.3. The Balaban J connectivity index is 1.42. The molecule has 0 unspecified atom stereocenters. The quantitative estimate of drug-likeness (QED) is 0.298. The summed E-state index contributed by atoms with van der Waals surface area (Å²) in [6.45, 7) is -0.150. The molecule has 0 aliphatic carbocycles. The van der Waals surface area contributed by atoms with Crippen molar-refractivity contribution in [1.82, 2.24) is 24.1 Å². The highest BCUT2D eigenvalue weighted by molar-refractivity contribution is 7.90. The number of imidazole rings is 1. The summed E-state index contributed by atoms with van der Waals surface area (Å²) in [4.78, 5) is 47.4. The first kappa shape index (κ1) is 29.8. The van der Waals surface area contributed by atoms with Crippen LogP contribution in [0.25, 0.3) is 11.0 Å². The van der Waals surface area contributed by atoms with Crippen molar-refractivity contribution >= 4 is 50.4 Å². The second-order valence-electron chi connectivity index (χ2n) is 10.7. The van der Waals surface area contributed by atoms with Crippen molar-refractivity contribution < 1.29 is 27.5 Å². The van der Waals surface area contributed by atoms with Crippen LogP contribution in [0, 0.1) is 0 Å². The van der Waals surface area contributed by atoms with E-state index >= 15 is 0 Å². The van der Waals surface area contributed by atoms with Crippen molar-refractivity contribution in [3.05, 3.63) is 94.8 Å². The van der Waals surface area contributed by atoms with Crippen LogP contribution in [-0.4, -0.2) is 70.7 Å². The third kappa shape index (κ3) is 5.44. The zero-order valence-corrected chi connectivity index (χ0v) is 25.4. The Hall–Kier alpha value is -4.26. The number of nitrogens with one attached hydrogen (secondary N) is 1. The molecule has 2 atom stereocenters. The van der Waals surface area contributed by atoms with Gasteiger partial charge in [-0.15, -0.1) is 0 Å². The topological polar surface area (TPSA) is 131 Å². The lowest BCUT2D eigenvalue weighted by Crippen LogP contribution is -2.49. The van der Waals surface area contributed by atoms with Crippen LogP contribution in [0.1, 0.15) is 40.6 Å². The molecule has 0 bridgehead atoms. The zero-order valence-electron chi connectivity index (χ0n) is 23.9. The molecule has 4 aromatic rings. The summed E-state index contributed by atoms with van der Waals surface area (Å²) in [5, 5.41) is 3.27. The van der Waals surface area contributed by atoms with Crippen molar-refractivity contribution in [2.75, 3.05) is 19.7 Å². The summed E-state index contributed by atoms with van der Waals surface area (Å²) >= 11 is 6.51. The van der Waals surface area contributed by atoms with Gasteiger partial charge in [-0.05, 0) is 48.7 Å². The lowest BCUT2D eigenvalue weighted by Gasteiger charge is -2.32. The van der Waals surface area contributed by atoms with Gasteiger partial charge in [-0.25, -0.2) is 17.7 Å². The molecule has 1 saturated heterocycles. The Labute approximate surface area is 259 Å². The van der Waals surface area contributed by atoms with Crippen molar-refractivity contribution in [3.63, 3.8) is 0 Å². The van der Waals surface area contributed by atoms with E-state index in [-0.39, 0.29) is 35.5 Å². The van der Waals surface area contributed by atoms with E-state index in [0.717, 1.165) is 18.4 Å². The third-order valence-electron chi connectivity index (χ3n) is 7.96. The Bertz CT molecular complexity index is 1870. The molecule has 44 heavy (non-hydrogen) atoms. The van der Waals surface area contributed by atoms with Crippen LogP contribution < -0.4 is 5.32 Å². The molecule has 0 spiro atoms. The average Bonchev–Trinajstić information content (AvgIpc) is 3.71. The molecule has 0 radical (unpaired) electrons. The summed E-state index contributed by atoms with van der Waals surface area (Å²) < 4.78 is 34.7. The largest absolute Gasteiger partial charge is 0.376 e. The normalized spacial score (nSPS) is 17.9. The molecule has 2 aliphatic heterocycles. The fourth-order valence-electron chi connectivity index (χ4n) is 5.66. The van der Waals surface area contributed by atoms with Crippen LogP contribution >= 0.6 is 11.6 Å². The van der Waals surface area contributed by atoms with Gasteiger partial charge in [-0.2, -0.15) is 0 Å². The number of benzene rings is 3. The monoisotopic (exact) mass is 635 g/mol. The zero-order chi connectivity index (χ0) is 31.0. The molecule has 11 nitrogen and oxygen atoms in total. The standard InChI is InChI=1S/C31H30ClN5O6S/c1-35-25-14-6-5-13-24(25)34-29(35)28(30(39)33-17-21-10-8-16-43-21)36(18-20-9-2-4-12-23(20)32)27(38)19-37-31(40)22-11-3-7-15-26(22)44(37,41)42/h2-7,9,11-15,21,28H,8,10,16-19H2,1H3,(H,33,39)/t21-,28+/m0/s1. The first-order chi connectivity index (χ1) is 21.2. The molecule has 1 aromatic heterocycles. The van der Waals surface area contributed by atoms with E-state index in [9.17, 15) is 22.8 Å². The van der Waals surface area contributed by atoms with E-state index < -0.39 is 40.3 Å². The van der Waals surface area contributed by atoms with Crippen molar-refractivity contribution in [2.45, 2.75) is 36.4 Å². The van der Waals surface area contributed by atoms with Crippen LogP contribution in [0.4, 0.5) is 0 Å². The Kier molecular flexibility index (Phi) is 8.14. The van der Waals surface area contributed by atoms with Crippen LogP contribution in [0.3, 0.4) is 0 Å². The molecule has 228 valence electrons. The van der Waals surface area contributed by atoms with E-state index in [1.165, 1.54) is 23.1 Å². The summed E-state index contributed by atoms with van der Waals surface area (Å²) in [7, 11) is -2.55. The second kappa shape index (κ2) is 12.0. The van der Waals surface area contributed by atoms with Gasteiger partial charge in [0.25, 0.3) is 21.8 Å². The molecule has 2 aliphatic rings. The smallest absolute Gasteiger partial charge is 0.269 e. The number of amides is 3. The van der Waals surface area contributed by atoms with E-state index in [4.69, 9.17) is 21.3 Å². The summed E-state index contributed by atoms with van der Waals surface area (Å²) in [5.41, 5.74) is 1.85. The number of nitrogens with zero attached hydrogens (tertiary/aromatic N) is 4. The number of carbonyl (C=O) groups is 3. The Morgan fingerprint density at radius 3 is 2.55 bits per heavy atom. The molecule has 1 fully saturated rings. The number of rotatable bonds is 9. The van der Waals surface area contributed by atoms with Gasteiger partial charge < -0.3 is 19.5 Å².